The van der Waals surface area contributed by atoms with Crippen LogP contribution in [0.25, 0.3) is 0 Å². The maximum absolute atomic E-state index is 11.0. The van der Waals surface area contributed by atoms with Crippen LogP contribution < -0.4 is 5.32 Å². The van der Waals surface area contributed by atoms with Crippen molar-refractivity contribution < 1.29 is 15.0 Å². The van der Waals surface area contributed by atoms with Crippen molar-refractivity contribution in [2.24, 2.45) is 0 Å². The van der Waals surface area contributed by atoms with E-state index in [1.54, 1.807) is 6.92 Å². The van der Waals surface area contributed by atoms with Gasteiger partial charge in [0.25, 0.3) is 0 Å². The molecule has 1 rings (SSSR count). The Balaban J connectivity index is 2.83. The highest BCUT2D eigenvalue weighted by Gasteiger charge is 2.22. The number of carboxylic acids is 1. The van der Waals surface area contributed by atoms with Gasteiger partial charge in [0, 0.05) is 0 Å². The van der Waals surface area contributed by atoms with Gasteiger partial charge in [-0.3, -0.25) is 10.1 Å². The standard InChI is InChI=1S/C13H17NO3/c1-9(2)12(13(16)17)14-11(8-15)10-6-4-3-5-7-10/h3-7,11-12,14-15H,1,8H2,2H3,(H,16,17)/t11-,12-/m0/s1. The zero-order chi connectivity index (χ0) is 12.8. The number of aliphatic hydroxyl groups is 1. The molecule has 1 aromatic rings. The largest absolute Gasteiger partial charge is 0.480 e. The first-order chi connectivity index (χ1) is 8.06. The maximum atomic E-state index is 11.0. The minimum atomic E-state index is -0.994. The predicted molar refractivity (Wildman–Crippen MR) is 65.6 cm³/mol. The number of aliphatic hydroxyl groups excluding tert-OH is 1. The molecule has 0 aliphatic heterocycles. The second-order valence-electron chi connectivity index (χ2n) is 3.93. The lowest BCUT2D eigenvalue weighted by Crippen LogP contribution is -2.41. The number of hydrogen-bond donors (Lipinski definition) is 3. The fourth-order valence-corrected chi connectivity index (χ4v) is 1.57. The van der Waals surface area contributed by atoms with E-state index in [9.17, 15) is 9.90 Å². The molecule has 0 amide bonds. The number of hydrogen-bond acceptors (Lipinski definition) is 3. The van der Waals surface area contributed by atoms with Crippen molar-refractivity contribution in [3.63, 3.8) is 0 Å². The number of carboxylic acid groups (broad SMARTS) is 1. The molecule has 0 unspecified atom stereocenters. The van der Waals surface area contributed by atoms with Gasteiger partial charge in [-0.1, -0.05) is 42.5 Å². The van der Waals surface area contributed by atoms with E-state index in [4.69, 9.17) is 5.11 Å². The molecule has 0 saturated carbocycles. The molecular formula is C13H17NO3. The van der Waals surface area contributed by atoms with Crippen LogP contribution >= 0.6 is 0 Å². The van der Waals surface area contributed by atoms with E-state index in [-0.39, 0.29) is 6.61 Å². The maximum Gasteiger partial charge on any atom is 0.324 e. The molecule has 0 saturated heterocycles. The summed E-state index contributed by atoms with van der Waals surface area (Å²) in [6.45, 7) is 5.11. The van der Waals surface area contributed by atoms with Crippen LogP contribution in [-0.4, -0.2) is 28.8 Å². The van der Waals surface area contributed by atoms with E-state index in [0.29, 0.717) is 5.57 Å². The van der Waals surface area contributed by atoms with Crippen LogP contribution in [0.15, 0.2) is 42.5 Å². The summed E-state index contributed by atoms with van der Waals surface area (Å²) >= 11 is 0. The third-order valence-corrected chi connectivity index (χ3v) is 2.49. The van der Waals surface area contributed by atoms with Crippen LogP contribution in [-0.2, 0) is 4.79 Å². The quantitative estimate of drug-likeness (QED) is 0.651. The van der Waals surface area contributed by atoms with Gasteiger partial charge < -0.3 is 10.2 Å². The van der Waals surface area contributed by atoms with Crippen molar-refractivity contribution in [3.05, 3.63) is 48.0 Å². The number of nitrogens with one attached hydrogen (secondary N) is 1. The molecule has 4 heteroatoms. The van der Waals surface area contributed by atoms with Crippen LogP contribution in [0.4, 0.5) is 0 Å². The Morgan fingerprint density at radius 1 is 1.41 bits per heavy atom. The van der Waals surface area contributed by atoms with E-state index in [1.807, 2.05) is 30.3 Å². The summed E-state index contributed by atoms with van der Waals surface area (Å²) in [5.74, 6) is -0.994. The smallest absolute Gasteiger partial charge is 0.324 e. The Hall–Kier alpha value is -1.65. The Labute approximate surface area is 101 Å². The molecule has 4 nitrogen and oxygen atoms in total. The van der Waals surface area contributed by atoms with Crippen LogP contribution in [0.5, 0.6) is 0 Å². The van der Waals surface area contributed by atoms with E-state index in [1.165, 1.54) is 0 Å². The Morgan fingerprint density at radius 3 is 2.41 bits per heavy atom. The van der Waals surface area contributed by atoms with Crippen LogP contribution in [0, 0.1) is 0 Å². The first-order valence-corrected chi connectivity index (χ1v) is 5.36. The highest BCUT2D eigenvalue weighted by molar-refractivity contribution is 5.77. The van der Waals surface area contributed by atoms with Gasteiger partial charge in [-0.05, 0) is 12.5 Å². The predicted octanol–water partition coefficient (Wildman–Crippen LogP) is 1.34. The van der Waals surface area contributed by atoms with Crippen LogP contribution in [0.1, 0.15) is 18.5 Å². The zero-order valence-electron chi connectivity index (χ0n) is 9.76. The molecule has 0 bridgehead atoms. The number of benzene rings is 1. The SMILES string of the molecule is C=C(C)[C@H](N[C@@H](CO)c1ccccc1)C(=O)O. The fourth-order valence-electron chi connectivity index (χ4n) is 1.57. The highest BCUT2D eigenvalue weighted by atomic mass is 16.4. The van der Waals surface area contributed by atoms with Gasteiger partial charge in [-0.15, -0.1) is 0 Å². The summed E-state index contributed by atoms with van der Waals surface area (Å²) in [6.07, 6.45) is 0. The molecule has 0 aliphatic rings. The lowest BCUT2D eigenvalue weighted by atomic mass is 10.0. The van der Waals surface area contributed by atoms with Gasteiger partial charge in [0.1, 0.15) is 6.04 Å². The second kappa shape index (κ2) is 6.18. The first kappa shape index (κ1) is 13.4. The van der Waals surface area contributed by atoms with Crippen LogP contribution in [0.2, 0.25) is 0 Å². The minimum Gasteiger partial charge on any atom is -0.480 e. The normalized spacial score (nSPS) is 14.0. The monoisotopic (exact) mass is 235 g/mol. The van der Waals surface area contributed by atoms with Gasteiger partial charge in [0.05, 0.1) is 12.6 Å². The minimum absolute atomic E-state index is 0.166. The van der Waals surface area contributed by atoms with E-state index in [0.717, 1.165) is 5.56 Å². The number of rotatable bonds is 6. The average Bonchev–Trinajstić information content (AvgIpc) is 2.30. The summed E-state index contributed by atoms with van der Waals surface area (Å²) in [5.41, 5.74) is 1.36. The van der Waals surface area contributed by atoms with Crippen molar-refractivity contribution >= 4 is 5.97 Å². The Bertz CT molecular complexity index is 375. The van der Waals surface area contributed by atoms with Gasteiger partial charge in [0.2, 0.25) is 0 Å². The van der Waals surface area contributed by atoms with Crippen molar-refractivity contribution in [2.45, 2.75) is 19.0 Å². The molecule has 0 aromatic heterocycles. The van der Waals surface area contributed by atoms with Crippen molar-refractivity contribution in [1.82, 2.24) is 5.32 Å². The Morgan fingerprint density at radius 2 is 2.00 bits per heavy atom. The van der Waals surface area contributed by atoms with E-state index >= 15 is 0 Å². The van der Waals surface area contributed by atoms with Crippen molar-refractivity contribution in [1.29, 1.82) is 0 Å². The molecule has 0 spiro atoms. The van der Waals surface area contributed by atoms with Gasteiger partial charge in [-0.2, -0.15) is 0 Å². The molecule has 0 heterocycles. The van der Waals surface area contributed by atoms with Crippen molar-refractivity contribution in [3.8, 4) is 0 Å². The fraction of sp³-hybridized carbons (Fsp3) is 0.308. The zero-order valence-corrected chi connectivity index (χ0v) is 9.76. The van der Waals surface area contributed by atoms with Gasteiger partial charge in [-0.25, -0.2) is 0 Å². The molecule has 1 aromatic carbocycles. The lowest BCUT2D eigenvalue weighted by Gasteiger charge is -2.22. The molecule has 3 N–H and O–H groups in total. The van der Waals surface area contributed by atoms with Crippen LogP contribution in [0.3, 0.4) is 0 Å². The topological polar surface area (TPSA) is 69.6 Å². The summed E-state index contributed by atoms with van der Waals surface area (Å²) in [5, 5.41) is 21.2. The number of aliphatic carboxylic acids is 1. The summed E-state index contributed by atoms with van der Waals surface area (Å²) in [7, 11) is 0. The summed E-state index contributed by atoms with van der Waals surface area (Å²) in [6, 6.07) is 7.97. The third-order valence-electron chi connectivity index (χ3n) is 2.49. The molecule has 0 radical (unpaired) electrons. The average molecular weight is 235 g/mol. The molecular weight excluding hydrogens is 218 g/mol. The molecule has 17 heavy (non-hydrogen) atoms. The molecule has 0 fully saturated rings. The highest BCUT2D eigenvalue weighted by Crippen LogP contribution is 2.14. The Kier molecular flexibility index (Phi) is 4.87. The lowest BCUT2D eigenvalue weighted by molar-refractivity contribution is -0.138. The molecule has 92 valence electrons. The third kappa shape index (κ3) is 3.69. The molecule has 0 aliphatic carbocycles. The summed E-state index contributed by atoms with van der Waals surface area (Å²) in [4.78, 5) is 11.0. The second-order valence-corrected chi connectivity index (χ2v) is 3.93. The summed E-state index contributed by atoms with van der Waals surface area (Å²) < 4.78 is 0. The van der Waals surface area contributed by atoms with Crippen molar-refractivity contribution in [2.75, 3.05) is 6.61 Å². The van der Waals surface area contributed by atoms with E-state index < -0.39 is 18.1 Å². The number of carbonyl (C=O) groups is 1. The van der Waals surface area contributed by atoms with Gasteiger partial charge >= 0.3 is 5.97 Å². The van der Waals surface area contributed by atoms with E-state index in [2.05, 4.69) is 11.9 Å². The van der Waals surface area contributed by atoms with Gasteiger partial charge in [0.15, 0.2) is 0 Å². The first-order valence-electron chi connectivity index (χ1n) is 5.36. The molecule has 2 atom stereocenters.